The zero-order valence-corrected chi connectivity index (χ0v) is 7.38. The van der Waals surface area contributed by atoms with Crippen LogP contribution in [0, 0.1) is 0 Å². The van der Waals surface area contributed by atoms with E-state index < -0.39 is 10.8 Å². The highest BCUT2D eigenvalue weighted by Crippen LogP contribution is 2.10. The first-order chi connectivity index (χ1) is 5.74. The van der Waals surface area contributed by atoms with Gasteiger partial charge >= 0.3 is 0 Å². The lowest BCUT2D eigenvalue weighted by Crippen LogP contribution is -2.02. The zero-order chi connectivity index (χ0) is 8.97. The first kappa shape index (κ1) is 9.22. The molecule has 3 nitrogen and oxygen atoms in total. The third-order valence-electron chi connectivity index (χ3n) is 1.40. The van der Waals surface area contributed by atoms with Crippen LogP contribution in [0.15, 0.2) is 29.2 Å². The van der Waals surface area contributed by atoms with Crippen molar-refractivity contribution in [1.29, 1.82) is 0 Å². The summed E-state index contributed by atoms with van der Waals surface area (Å²) in [5.41, 5.74) is 6.09. The molecule has 1 aromatic rings. The molecular weight excluding hydrogens is 174 g/mol. The number of nitrogen functional groups attached to an aromatic ring is 1. The Hall–Kier alpha value is -0.870. The van der Waals surface area contributed by atoms with E-state index in [1.54, 1.807) is 24.3 Å². The summed E-state index contributed by atoms with van der Waals surface area (Å²) in [7, 11) is -1.12. The second kappa shape index (κ2) is 4.23. The summed E-state index contributed by atoms with van der Waals surface area (Å²) >= 11 is 0. The van der Waals surface area contributed by atoms with Gasteiger partial charge in [0.1, 0.15) is 0 Å². The van der Waals surface area contributed by atoms with Crippen molar-refractivity contribution >= 4 is 16.5 Å². The van der Waals surface area contributed by atoms with Crippen LogP contribution in [-0.2, 0) is 10.8 Å². The lowest BCUT2D eigenvalue weighted by Gasteiger charge is -2.00. The second-order valence-electron chi connectivity index (χ2n) is 2.35. The number of benzene rings is 1. The highest BCUT2D eigenvalue weighted by atomic mass is 32.2. The van der Waals surface area contributed by atoms with Crippen LogP contribution in [0.3, 0.4) is 0 Å². The largest absolute Gasteiger partial charge is 0.399 e. The smallest absolute Gasteiger partial charge is 0.0553 e. The third kappa shape index (κ3) is 2.32. The summed E-state index contributed by atoms with van der Waals surface area (Å²) in [6.45, 7) is -0.0680. The van der Waals surface area contributed by atoms with Gasteiger partial charge in [0.15, 0.2) is 0 Å². The van der Waals surface area contributed by atoms with Crippen molar-refractivity contribution in [3.05, 3.63) is 24.3 Å². The fourth-order valence-electron chi connectivity index (χ4n) is 0.857. The molecule has 3 N–H and O–H groups in total. The Morgan fingerprint density at radius 1 is 1.50 bits per heavy atom. The van der Waals surface area contributed by atoms with Gasteiger partial charge in [-0.2, -0.15) is 0 Å². The van der Waals surface area contributed by atoms with E-state index in [1.165, 1.54) is 0 Å². The predicted molar refractivity (Wildman–Crippen MR) is 49.2 cm³/mol. The number of anilines is 1. The Labute approximate surface area is 73.7 Å². The van der Waals surface area contributed by atoms with E-state index in [0.29, 0.717) is 10.6 Å². The van der Waals surface area contributed by atoms with E-state index in [2.05, 4.69) is 0 Å². The second-order valence-corrected chi connectivity index (χ2v) is 3.92. The van der Waals surface area contributed by atoms with Gasteiger partial charge in [0.05, 0.1) is 23.2 Å². The molecule has 0 amide bonds. The minimum atomic E-state index is -1.12. The van der Waals surface area contributed by atoms with Crippen molar-refractivity contribution in [2.75, 3.05) is 18.1 Å². The van der Waals surface area contributed by atoms with Crippen LogP contribution in [0.25, 0.3) is 0 Å². The van der Waals surface area contributed by atoms with Crippen LogP contribution in [0.2, 0.25) is 0 Å². The molecule has 0 heterocycles. The molecule has 12 heavy (non-hydrogen) atoms. The molecule has 4 heteroatoms. The van der Waals surface area contributed by atoms with E-state index >= 15 is 0 Å². The quantitative estimate of drug-likeness (QED) is 0.669. The Morgan fingerprint density at radius 3 is 2.83 bits per heavy atom. The van der Waals surface area contributed by atoms with Crippen molar-refractivity contribution in [3.63, 3.8) is 0 Å². The van der Waals surface area contributed by atoms with Crippen LogP contribution >= 0.6 is 0 Å². The van der Waals surface area contributed by atoms with Gasteiger partial charge in [0, 0.05) is 10.6 Å². The van der Waals surface area contributed by atoms with E-state index in [-0.39, 0.29) is 12.4 Å². The molecule has 1 aromatic carbocycles. The average Bonchev–Trinajstić information content (AvgIpc) is 2.05. The number of rotatable bonds is 3. The lowest BCUT2D eigenvalue weighted by molar-refractivity contribution is 0.321. The third-order valence-corrected chi connectivity index (χ3v) is 2.73. The number of nitrogens with two attached hydrogens (primary N) is 1. The molecule has 0 radical (unpaired) electrons. The van der Waals surface area contributed by atoms with Crippen molar-refractivity contribution in [3.8, 4) is 0 Å². The number of hydrogen-bond acceptors (Lipinski definition) is 3. The minimum absolute atomic E-state index is 0.0680. The fraction of sp³-hybridized carbons (Fsp3) is 0.250. The predicted octanol–water partition coefficient (Wildman–Crippen LogP) is 0.369. The van der Waals surface area contributed by atoms with E-state index in [1.807, 2.05) is 0 Å². The minimum Gasteiger partial charge on any atom is -0.399 e. The van der Waals surface area contributed by atoms with Crippen LogP contribution in [0.1, 0.15) is 0 Å². The van der Waals surface area contributed by atoms with Crippen LogP contribution < -0.4 is 5.73 Å². The maximum atomic E-state index is 11.3. The zero-order valence-electron chi connectivity index (χ0n) is 6.56. The molecule has 0 saturated carbocycles. The van der Waals surface area contributed by atoms with E-state index in [0.717, 1.165) is 0 Å². The van der Waals surface area contributed by atoms with Crippen molar-refractivity contribution in [1.82, 2.24) is 0 Å². The van der Waals surface area contributed by atoms with Gasteiger partial charge in [-0.25, -0.2) is 0 Å². The van der Waals surface area contributed by atoms with Gasteiger partial charge in [0.25, 0.3) is 0 Å². The first-order valence-corrected chi connectivity index (χ1v) is 4.90. The summed E-state index contributed by atoms with van der Waals surface area (Å²) < 4.78 is 11.3. The van der Waals surface area contributed by atoms with Gasteiger partial charge < -0.3 is 10.8 Å². The monoisotopic (exact) mass is 185 g/mol. The maximum absolute atomic E-state index is 11.3. The van der Waals surface area contributed by atoms with Crippen LogP contribution in [-0.4, -0.2) is 21.7 Å². The van der Waals surface area contributed by atoms with Gasteiger partial charge in [-0.3, -0.25) is 4.21 Å². The fourth-order valence-corrected chi connectivity index (χ4v) is 1.76. The Bertz CT molecular complexity index is 288. The highest BCUT2D eigenvalue weighted by molar-refractivity contribution is 7.85. The van der Waals surface area contributed by atoms with E-state index in [9.17, 15) is 4.21 Å². The summed E-state index contributed by atoms with van der Waals surface area (Å²) in [5.74, 6) is 0.267. The molecule has 66 valence electrons. The lowest BCUT2D eigenvalue weighted by atomic mass is 10.3. The van der Waals surface area contributed by atoms with Gasteiger partial charge in [-0.1, -0.05) is 6.07 Å². The normalized spacial score (nSPS) is 12.8. The summed E-state index contributed by atoms with van der Waals surface area (Å²) in [5, 5.41) is 8.54. The Morgan fingerprint density at radius 2 is 2.25 bits per heavy atom. The van der Waals surface area contributed by atoms with Crippen molar-refractivity contribution in [2.24, 2.45) is 0 Å². The Balaban J connectivity index is 2.81. The molecule has 1 unspecified atom stereocenters. The van der Waals surface area contributed by atoms with Crippen LogP contribution in [0.5, 0.6) is 0 Å². The molecule has 0 aromatic heterocycles. The van der Waals surface area contributed by atoms with Crippen LogP contribution in [0.4, 0.5) is 5.69 Å². The topological polar surface area (TPSA) is 63.3 Å². The molecule has 1 atom stereocenters. The molecule has 0 saturated heterocycles. The average molecular weight is 185 g/mol. The SMILES string of the molecule is Nc1cccc(S(=O)CCO)c1. The standard InChI is InChI=1S/C8H11NO2S/c9-7-2-1-3-8(6-7)12(11)5-4-10/h1-3,6,10H,4-5,9H2. The van der Waals surface area contributed by atoms with Crippen molar-refractivity contribution < 1.29 is 9.32 Å². The van der Waals surface area contributed by atoms with Gasteiger partial charge in [0.2, 0.25) is 0 Å². The number of hydrogen-bond donors (Lipinski definition) is 2. The molecule has 0 aliphatic heterocycles. The van der Waals surface area contributed by atoms with Crippen molar-refractivity contribution in [2.45, 2.75) is 4.90 Å². The number of aliphatic hydroxyl groups excluding tert-OH is 1. The molecule has 0 spiro atoms. The molecule has 0 aliphatic rings. The summed E-state index contributed by atoms with van der Waals surface area (Å²) in [4.78, 5) is 0.670. The number of aliphatic hydroxyl groups is 1. The molecule has 1 rings (SSSR count). The van der Waals surface area contributed by atoms with Gasteiger partial charge in [-0.15, -0.1) is 0 Å². The molecular formula is C8H11NO2S. The molecule has 0 bridgehead atoms. The maximum Gasteiger partial charge on any atom is 0.0553 e. The highest BCUT2D eigenvalue weighted by Gasteiger charge is 2.01. The first-order valence-electron chi connectivity index (χ1n) is 3.59. The van der Waals surface area contributed by atoms with E-state index in [4.69, 9.17) is 10.8 Å². The van der Waals surface area contributed by atoms with Gasteiger partial charge in [-0.05, 0) is 18.2 Å². The summed E-state index contributed by atoms with van der Waals surface area (Å²) in [6, 6.07) is 6.88. The molecule has 0 aliphatic carbocycles. The Kier molecular flexibility index (Phi) is 3.25. The summed E-state index contributed by atoms with van der Waals surface area (Å²) in [6.07, 6.45) is 0. The molecule has 0 fully saturated rings.